The van der Waals surface area contributed by atoms with Gasteiger partial charge < -0.3 is 10.1 Å². The Morgan fingerprint density at radius 2 is 2.50 bits per heavy atom. The van der Waals surface area contributed by atoms with Crippen LogP contribution in [-0.2, 0) is 4.74 Å². The van der Waals surface area contributed by atoms with Gasteiger partial charge in [-0.25, -0.2) is 4.79 Å². The van der Waals surface area contributed by atoms with E-state index in [9.17, 15) is 4.79 Å². The average molecular weight is 143 g/mol. The third-order valence-electron chi connectivity index (χ3n) is 0.990. The zero-order valence-corrected chi connectivity index (χ0v) is 6.22. The number of carbonyl (C=O) groups excluding carboxylic acids is 1. The maximum atomic E-state index is 10.4. The van der Waals surface area contributed by atoms with Crippen molar-refractivity contribution in [1.29, 1.82) is 0 Å². The van der Waals surface area contributed by atoms with E-state index in [2.05, 4.69) is 11.9 Å². The lowest BCUT2D eigenvalue weighted by molar-refractivity contribution is 0.147. The summed E-state index contributed by atoms with van der Waals surface area (Å²) in [6.45, 7) is 4.01. The molecular formula is C7H13NO2. The van der Waals surface area contributed by atoms with Crippen LogP contribution in [0.15, 0.2) is 12.7 Å². The summed E-state index contributed by atoms with van der Waals surface area (Å²) in [5.41, 5.74) is 0. The Morgan fingerprint density at radius 1 is 1.80 bits per heavy atom. The largest absolute Gasteiger partial charge is 0.450 e. The highest BCUT2D eigenvalue weighted by Crippen LogP contribution is 1.89. The molecule has 0 heterocycles. The highest BCUT2D eigenvalue weighted by atomic mass is 16.5. The van der Waals surface area contributed by atoms with Gasteiger partial charge in [-0.15, -0.1) is 6.58 Å². The first kappa shape index (κ1) is 9.01. The molecular weight excluding hydrogens is 130 g/mol. The minimum Gasteiger partial charge on any atom is -0.450 e. The van der Waals surface area contributed by atoms with Gasteiger partial charge in [-0.1, -0.05) is 6.08 Å². The Morgan fingerprint density at radius 3 is 3.00 bits per heavy atom. The molecule has 0 spiro atoms. The molecule has 0 rings (SSSR count). The highest BCUT2D eigenvalue weighted by Gasteiger charge is 1.93. The molecule has 1 amide bonds. The summed E-state index contributed by atoms with van der Waals surface area (Å²) >= 11 is 0. The second-order valence-corrected chi connectivity index (χ2v) is 1.82. The minimum atomic E-state index is -0.371. The quantitative estimate of drug-likeness (QED) is 0.476. The molecule has 0 aliphatic carbocycles. The van der Waals surface area contributed by atoms with Crippen molar-refractivity contribution in [1.82, 2.24) is 5.32 Å². The van der Waals surface area contributed by atoms with Gasteiger partial charge in [-0.2, -0.15) is 0 Å². The number of unbranched alkanes of at least 4 members (excludes halogenated alkanes) is 1. The zero-order valence-electron chi connectivity index (χ0n) is 6.22. The Hall–Kier alpha value is -0.990. The standard InChI is InChI=1S/C7H13NO2/c1-3-4-5-6-10-7(9)8-2/h3H,1,4-6H2,2H3,(H,8,9). The second-order valence-electron chi connectivity index (χ2n) is 1.82. The Bertz CT molecular complexity index is 112. The van der Waals surface area contributed by atoms with Crippen molar-refractivity contribution in [2.75, 3.05) is 13.7 Å². The third kappa shape index (κ3) is 5.15. The number of hydrogen-bond acceptors (Lipinski definition) is 2. The van der Waals surface area contributed by atoms with Crippen LogP contribution in [0, 0.1) is 0 Å². The van der Waals surface area contributed by atoms with Crippen molar-refractivity contribution >= 4 is 6.09 Å². The lowest BCUT2D eigenvalue weighted by Crippen LogP contribution is -2.19. The number of carbonyl (C=O) groups is 1. The Labute approximate surface area is 61.1 Å². The molecule has 0 unspecified atom stereocenters. The van der Waals surface area contributed by atoms with Crippen LogP contribution in [0.5, 0.6) is 0 Å². The van der Waals surface area contributed by atoms with Crippen LogP contribution in [-0.4, -0.2) is 19.7 Å². The summed E-state index contributed by atoms with van der Waals surface area (Å²) in [5.74, 6) is 0. The minimum absolute atomic E-state index is 0.371. The smallest absolute Gasteiger partial charge is 0.406 e. The number of hydrogen-bond donors (Lipinski definition) is 1. The van der Waals surface area contributed by atoms with Crippen molar-refractivity contribution in [2.45, 2.75) is 12.8 Å². The van der Waals surface area contributed by atoms with E-state index in [0.717, 1.165) is 12.8 Å². The molecule has 0 aliphatic heterocycles. The van der Waals surface area contributed by atoms with Gasteiger partial charge in [0.15, 0.2) is 0 Å². The summed E-state index contributed by atoms with van der Waals surface area (Å²) in [4.78, 5) is 10.4. The lowest BCUT2D eigenvalue weighted by atomic mass is 10.3. The molecule has 0 saturated heterocycles. The molecule has 0 saturated carbocycles. The number of rotatable bonds is 4. The predicted molar refractivity (Wildman–Crippen MR) is 39.8 cm³/mol. The zero-order chi connectivity index (χ0) is 7.82. The molecule has 3 heteroatoms. The summed E-state index contributed by atoms with van der Waals surface area (Å²) in [5, 5.41) is 2.35. The predicted octanol–water partition coefficient (Wildman–Crippen LogP) is 1.31. The van der Waals surface area contributed by atoms with Gasteiger partial charge in [0.1, 0.15) is 0 Å². The first-order valence-corrected chi connectivity index (χ1v) is 3.26. The van der Waals surface area contributed by atoms with E-state index in [1.165, 1.54) is 7.05 Å². The SMILES string of the molecule is C=CCCCOC(=O)NC. The molecule has 0 aromatic heterocycles. The number of ether oxygens (including phenoxy) is 1. The van der Waals surface area contributed by atoms with Crippen molar-refractivity contribution in [2.24, 2.45) is 0 Å². The van der Waals surface area contributed by atoms with Gasteiger partial charge in [0.2, 0.25) is 0 Å². The van der Waals surface area contributed by atoms with Crippen molar-refractivity contribution in [3.05, 3.63) is 12.7 Å². The summed E-state index contributed by atoms with van der Waals surface area (Å²) < 4.78 is 4.70. The fraction of sp³-hybridized carbons (Fsp3) is 0.571. The van der Waals surface area contributed by atoms with Crippen LogP contribution in [0.2, 0.25) is 0 Å². The molecule has 0 radical (unpaired) electrons. The van der Waals surface area contributed by atoms with Gasteiger partial charge in [-0.05, 0) is 12.8 Å². The van der Waals surface area contributed by atoms with Gasteiger partial charge in [0, 0.05) is 7.05 Å². The summed E-state index contributed by atoms with van der Waals surface area (Å²) in [7, 11) is 1.54. The molecule has 0 bridgehead atoms. The molecule has 1 N–H and O–H groups in total. The summed E-state index contributed by atoms with van der Waals surface area (Å²) in [6.07, 6.45) is 3.16. The maximum absolute atomic E-state index is 10.4. The van der Waals surface area contributed by atoms with E-state index in [-0.39, 0.29) is 6.09 Å². The Balaban J connectivity index is 3.03. The van der Waals surface area contributed by atoms with E-state index in [4.69, 9.17) is 4.74 Å². The van der Waals surface area contributed by atoms with Crippen LogP contribution in [0.3, 0.4) is 0 Å². The Kier molecular flexibility index (Phi) is 5.53. The molecule has 58 valence electrons. The molecule has 10 heavy (non-hydrogen) atoms. The van der Waals surface area contributed by atoms with Gasteiger partial charge >= 0.3 is 6.09 Å². The maximum Gasteiger partial charge on any atom is 0.406 e. The normalized spacial score (nSPS) is 8.50. The van der Waals surface area contributed by atoms with Crippen LogP contribution >= 0.6 is 0 Å². The van der Waals surface area contributed by atoms with E-state index in [0.29, 0.717) is 6.61 Å². The molecule has 0 aliphatic rings. The highest BCUT2D eigenvalue weighted by molar-refractivity contribution is 5.66. The van der Waals surface area contributed by atoms with Crippen molar-refractivity contribution in [3.8, 4) is 0 Å². The van der Waals surface area contributed by atoms with E-state index >= 15 is 0 Å². The third-order valence-corrected chi connectivity index (χ3v) is 0.990. The molecule has 0 fully saturated rings. The van der Waals surface area contributed by atoms with Gasteiger partial charge in [-0.3, -0.25) is 0 Å². The van der Waals surface area contributed by atoms with Crippen LogP contribution in [0.4, 0.5) is 4.79 Å². The fourth-order valence-corrected chi connectivity index (χ4v) is 0.465. The number of nitrogens with one attached hydrogen (secondary N) is 1. The van der Waals surface area contributed by atoms with Crippen LogP contribution < -0.4 is 5.32 Å². The van der Waals surface area contributed by atoms with Crippen molar-refractivity contribution < 1.29 is 9.53 Å². The average Bonchev–Trinajstić information content (AvgIpc) is 1.98. The first-order valence-electron chi connectivity index (χ1n) is 3.26. The number of alkyl carbamates (subject to hydrolysis) is 1. The second kappa shape index (κ2) is 6.13. The van der Waals surface area contributed by atoms with Crippen molar-refractivity contribution in [3.63, 3.8) is 0 Å². The number of amides is 1. The molecule has 0 aromatic carbocycles. The molecule has 0 atom stereocenters. The van der Waals surface area contributed by atoms with Crippen LogP contribution in [0.25, 0.3) is 0 Å². The molecule has 3 nitrogen and oxygen atoms in total. The van der Waals surface area contributed by atoms with E-state index in [1.54, 1.807) is 6.08 Å². The topological polar surface area (TPSA) is 38.3 Å². The van der Waals surface area contributed by atoms with Gasteiger partial charge in [0.25, 0.3) is 0 Å². The first-order chi connectivity index (χ1) is 4.81. The van der Waals surface area contributed by atoms with Gasteiger partial charge in [0.05, 0.1) is 6.61 Å². The number of allylic oxidation sites excluding steroid dienone is 1. The molecule has 0 aromatic rings. The van der Waals surface area contributed by atoms with E-state index in [1.807, 2.05) is 0 Å². The lowest BCUT2D eigenvalue weighted by Gasteiger charge is -2.00. The van der Waals surface area contributed by atoms with Crippen LogP contribution in [0.1, 0.15) is 12.8 Å². The van der Waals surface area contributed by atoms with E-state index < -0.39 is 0 Å². The summed E-state index contributed by atoms with van der Waals surface area (Å²) in [6, 6.07) is 0. The monoisotopic (exact) mass is 143 g/mol. The fourth-order valence-electron chi connectivity index (χ4n) is 0.465.